The van der Waals surface area contributed by atoms with Crippen LogP contribution in [0.4, 0.5) is 8.78 Å². The predicted octanol–water partition coefficient (Wildman–Crippen LogP) is 4.37. The van der Waals surface area contributed by atoms with Crippen molar-refractivity contribution in [3.8, 4) is 0 Å². The third-order valence-electron chi connectivity index (χ3n) is 10.1. The molecule has 0 bridgehead atoms. The fraction of sp³-hybridized carbons (Fsp3) is 0.697. The maximum Gasteiger partial charge on any atom is 0.341 e. The van der Waals surface area contributed by atoms with Crippen LogP contribution in [0.2, 0.25) is 0 Å². The van der Waals surface area contributed by atoms with Crippen molar-refractivity contribution in [3.05, 3.63) is 34.9 Å². The Morgan fingerprint density at radius 1 is 1.05 bits per heavy atom. The zero-order valence-electron chi connectivity index (χ0n) is 25.7. The molecule has 3 N–H and O–H groups in total. The third-order valence-corrected chi connectivity index (χ3v) is 10.1. The van der Waals surface area contributed by atoms with Crippen LogP contribution in [0, 0.1) is 5.41 Å². The number of hydrogen-bond donors (Lipinski definition) is 3. The van der Waals surface area contributed by atoms with Gasteiger partial charge in [0.25, 0.3) is 11.8 Å². The van der Waals surface area contributed by atoms with Gasteiger partial charge in [-0.25, -0.2) is 0 Å². The van der Waals surface area contributed by atoms with E-state index in [0.29, 0.717) is 29.8 Å². The van der Waals surface area contributed by atoms with Crippen molar-refractivity contribution in [2.45, 2.75) is 128 Å². The van der Waals surface area contributed by atoms with Crippen LogP contribution in [0.5, 0.6) is 0 Å². The second-order valence-corrected chi connectivity index (χ2v) is 12.9. The summed E-state index contributed by atoms with van der Waals surface area (Å²) in [6, 6.07) is 2.76. The van der Waals surface area contributed by atoms with E-state index in [1.165, 1.54) is 30.6 Å². The minimum absolute atomic E-state index is 0.133. The SMILES string of the molecule is CCOC1C(C(F)(F)C(=O)NCc2ccc3c(c2)CN(C2CCC(=O)NC2=O)C3=O)NCCC12CCCCCCCCCC2. The number of fused-ring (bicyclic) bond motifs is 1. The van der Waals surface area contributed by atoms with Crippen LogP contribution >= 0.6 is 0 Å². The van der Waals surface area contributed by atoms with Crippen LogP contribution in [-0.4, -0.2) is 65.8 Å². The number of hydrogen-bond acceptors (Lipinski definition) is 6. The molecule has 1 spiro atoms. The number of amides is 4. The topological polar surface area (TPSA) is 117 Å². The smallest absolute Gasteiger partial charge is 0.341 e. The molecule has 4 amide bonds. The van der Waals surface area contributed by atoms with Gasteiger partial charge in [0.15, 0.2) is 0 Å². The van der Waals surface area contributed by atoms with E-state index < -0.39 is 35.9 Å². The Labute approximate surface area is 258 Å². The number of ether oxygens (including phenoxy) is 1. The standard InChI is InChI=1S/C33H46F2N4O5/c1-2-44-28-27(36-18-17-32(28)15-9-7-5-3-4-6-8-10-16-32)33(34,35)31(43)37-20-22-11-12-24-23(19-22)21-39(30(24)42)25-13-14-26(40)38-29(25)41/h11-12,19,25,27-28,36H,2-10,13-18,20-21H2,1H3,(H,37,43)(H,38,40,41). The summed E-state index contributed by atoms with van der Waals surface area (Å²) in [7, 11) is 0. The lowest BCUT2D eigenvalue weighted by molar-refractivity contribution is -0.176. The number of benzene rings is 1. The van der Waals surface area contributed by atoms with E-state index in [0.717, 1.165) is 44.9 Å². The fourth-order valence-corrected chi connectivity index (χ4v) is 7.70. The molecular weight excluding hydrogens is 570 g/mol. The number of carbonyl (C=O) groups is 4. The van der Waals surface area contributed by atoms with Crippen molar-refractivity contribution in [1.29, 1.82) is 0 Å². The predicted molar refractivity (Wildman–Crippen MR) is 160 cm³/mol. The van der Waals surface area contributed by atoms with E-state index in [1.54, 1.807) is 18.2 Å². The second-order valence-electron chi connectivity index (χ2n) is 12.9. The van der Waals surface area contributed by atoms with Gasteiger partial charge in [-0.05, 0) is 61.8 Å². The highest BCUT2D eigenvalue weighted by molar-refractivity contribution is 6.05. The molecule has 3 heterocycles. The number of alkyl halides is 2. The van der Waals surface area contributed by atoms with Gasteiger partial charge in [0.05, 0.1) is 6.10 Å². The van der Waals surface area contributed by atoms with Crippen molar-refractivity contribution in [2.24, 2.45) is 5.41 Å². The molecule has 242 valence electrons. The number of imide groups is 1. The first-order valence-corrected chi connectivity index (χ1v) is 16.4. The Bertz CT molecular complexity index is 1230. The van der Waals surface area contributed by atoms with Gasteiger partial charge in [0.1, 0.15) is 12.1 Å². The van der Waals surface area contributed by atoms with Crippen LogP contribution in [-0.2, 0) is 32.2 Å². The van der Waals surface area contributed by atoms with E-state index in [4.69, 9.17) is 4.74 Å². The van der Waals surface area contributed by atoms with Crippen molar-refractivity contribution < 1.29 is 32.7 Å². The Morgan fingerprint density at radius 2 is 1.73 bits per heavy atom. The summed E-state index contributed by atoms with van der Waals surface area (Å²) in [6.45, 7) is 2.57. The molecule has 2 saturated heterocycles. The first-order valence-electron chi connectivity index (χ1n) is 16.4. The van der Waals surface area contributed by atoms with Crippen LogP contribution < -0.4 is 16.0 Å². The lowest BCUT2D eigenvalue weighted by Gasteiger charge is -2.50. The highest BCUT2D eigenvalue weighted by Crippen LogP contribution is 2.46. The molecule has 4 aliphatic rings. The average molecular weight is 617 g/mol. The van der Waals surface area contributed by atoms with E-state index in [2.05, 4.69) is 16.0 Å². The fourth-order valence-electron chi connectivity index (χ4n) is 7.70. The minimum atomic E-state index is -3.70. The summed E-state index contributed by atoms with van der Waals surface area (Å²) in [5.41, 5.74) is 1.26. The Hall–Kier alpha value is -2.92. The molecule has 1 aromatic rings. The van der Waals surface area contributed by atoms with Crippen LogP contribution in [0.25, 0.3) is 0 Å². The van der Waals surface area contributed by atoms with Crippen molar-refractivity contribution in [3.63, 3.8) is 0 Å². The molecule has 0 radical (unpaired) electrons. The van der Waals surface area contributed by atoms with Gasteiger partial charge in [-0.1, -0.05) is 63.5 Å². The summed E-state index contributed by atoms with van der Waals surface area (Å²) in [5, 5.41) is 7.69. The van der Waals surface area contributed by atoms with Gasteiger partial charge in [-0.2, -0.15) is 8.78 Å². The Morgan fingerprint density at radius 3 is 2.39 bits per heavy atom. The van der Waals surface area contributed by atoms with Crippen molar-refractivity contribution >= 4 is 23.6 Å². The first-order chi connectivity index (χ1) is 21.2. The Kier molecular flexibility index (Phi) is 10.3. The second kappa shape index (κ2) is 14.0. The lowest BCUT2D eigenvalue weighted by Crippen LogP contribution is -2.67. The molecule has 1 aliphatic carbocycles. The maximum absolute atomic E-state index is 16.0. The summed E-state index contributed by atoms with van der Waals surface area (Å²) in [6.07, 6.45) is 11.0. The number of carbonyl (C=O) groups excluding carboxylic acids is 4. The molecule has 1 saturated carbocycles. The van der Waals surface area contributed by atoms with E-state index in [1.807, 2.05) is 6.92 Å². The third kappa shape index (κ3) is 6.83. The molecular formula is C33H46F2N4O5. The summed E-state index contributed by atoms with van der Waals surface area (Å²) < 4.78 is 38.2. The number of piperidine rings is 2. The molecule has 3 aliphatic heterocycles. The van der Waals surface area contributed by atoms with E-state index in [9.17, 15) is 19.2 Å². The van der Waals surface area contributed by atoms with Crippen LogP contribution in [0.1, 0.15) is 112 Å². The van der Waals surface area contributed by atoms with Gasteiger partial charge in [0, 0.05) is 31.7 Å². The van der Waals surface area contributed by atoms with Crippen molar-refractivity contribution in [1.82, 2.24) is 20.9 Å². The number of halogens is 2. The quantitative estimate of drug-likeness (QED) is 0.392. The summed E-state index contributed by atoms with van der Waals surface area (Å²) in [5.74, 6) is -6.22. The van der Waals surface area contributed by atoms with Crippen LogP contribution in [0.15, 0.2) is 18.2 Å². The Balaban J connectivity index is 1.26. The number of rotatable bonds is 7. The normalized spacial score (nSPS) is 26.6. The van der Waals surface area contributed by atoms with Crippen LogP contribution in [0.3, 0.4) is 0 Å². The van der Waals surface area contributed by atoms with Gasteiger partial charge < -0.3 is 20.3 Å². The summed E-state index contributed by atoms with van der Waals surface area (Å²) in [4.78, 5) is 51.4. The molecule has 0 aromatic heterocycles. The maximum atomic E-state index is 16.0. The van der Waals surface area contributed by atoms with Gasteiger partial charge in [0.2, 0.25) is 11.8 Å². The summed E-state index contributed by atoms with van der Waals surface area (Å²) >= 11 is 0. The van der Waals surface area contributed by atoms with E-state index in [-0.39, 0.29) is 43.2 Å². The molecule has 44 heavy (non-hydrogen) atoms. The van der Waals surface area contributed by atoms with E-state index >= 15 is 8.78 Å². The number of nitrogens with zero attached hydrogens (tertiary/aromatic N) is 1. The molecule has 3 fully saturated rings. The highest BCUT2D eigenvalue weighted by Gasteiger charge is 2.58. The molecule has 9 nitrogen and oxygen atoms in total. The number of nitrogens with one attached hydrogen (secondary N) is 3. The minimum Gasteiger partial charge on any atom is -0.376 e. The zero-order valence-corrected chi connectivity index (χ0v) is 25.7. The zero-order chi connectivity index (χ0) is 31.3. The molecule has 1 aromatic carbocycles. The highest BCUT2D eigenvalue weighted by atomic mass is 19.3. The van der Waals surface area contributed by atoms with Gasteiger partial charge in [-0.15, -0.1) is 0 Å². The molecule has 3 unspecified atom stereocenters. The molecule has 11 heteroatoms. The average Bonchev–Trinajstić information content (AvgIpc) is 3.29. The van der Waals surface area contributed by atoms with Gasteiger partial charge >= 0.3 is 5.92 Å². The molecule has 3 atom stereocenters. The van der Waals surface area contributed by atoms with Gasteiger partial charge in [-0.3, -0.25) is 24.5 Å². The molecule has 5 rings (SSSR count). The largest absolute Gasteiger partial charge is 0.376 e. The first kappa shape index (κ1) is 32.5. The lowest BCUT2D eigenvalue weighted by atomic mass is 9.66. The van der Waals surface area contributed by atoms with Crippen molar-refractivity contribution in [2.75, 3.05) is 13.2 Å². The monoisotopic (exact) mass is 616 g/mol.